The fourth-order valence-corrected chi connectivity index (χ4v) is 0.589. The van der Waals surface area contributed by atoms with Crippen LogP contribution in [0.15, 0.2) is 11.3 Å². The minimum Gasteiger partial charge on any atom is -0.499 e. The van der Waals surface area contributed by atoms with Crippen LogP contribution in [0, 0.1) is 0 Å². The minimum atomic E-state index is 0.781. The molecule has 0 aromatic heterocycles. The summed E-state index contributed by atoms with van der Waals surface area (Å²) in [6.45, 7) is 13.3. The van der Waals surface area contributed by atoms with Gasteiger partial charge in [-0.3, -0.25) is 0 Å². The van der Waals surface area contributed by atoms with Crippen molar-refractivity contribution in [2.45, 2.75) is 54.4 Å². The van der Waals surface area contributed by atoms with E-state index in [4.69, 9.17) is 4.74 Å². The van der Waals surface area contributed by atoms with E-state index in [1.807, 2.05) is 13.8 Å². The third-order valence-electron chi connectivity index (χ3n) is 1.49. The van der Waals surface area contributed by atoms with E-state index in [1.165, 1.54) is 12.0 Å². The predicted octanol–water partition coefficient (Wildman–Crippen LogP) is 4.14. The van der Waals surface area contributed by atoms with Gasteiger partial charge in [0.25, 0.3) is 0 Å². The van der Waals surface area contributed by atoms with Crippen molar-refractivity contribution in [1.82, 2.24) is 0 Å². The van der Waals surface area contributed by atoms with Crippen LogP contribution < -0.4 is 0 Å². The van der Waals surface area contributed by atoms with Gasteiger partial charge in [0.15, 0.2) is 0 Å². The Hall–Kier alpha value is -0.460. The molecule has 0 heterocycles. The average molecular weight is 172 g/mol. The fourth-order valence-electron chi connectivity index (χ4n) is 0.589. The van der Waals surface area contributed by atoms with Crippen LogP contribution in [0.5, 0.6) is 0 Å². The highest BCUT2D eigenvalue weighted by atomic mass is 16.5. The molecule has 1 nitrogen and oxygen atoms in total. The molecule has 0 aliphatic heterocycles. The van der Waals surface area contributed by atoms with E-state index in [1.54, 1.807) is 0 Å². The van der Waals surface area contributed by atoms with E-state index in [0.29, 0.717) is 0 Å². The van der Waals surface area contributed by atoms with E-state index < -0.39 is 0 Å². The van der Waals surface area contributed by atoms with Crippen molar-refractivity contribution < 1.29 is 4.74 Å². The average Bonchev–Trinajstić information content (AvgIpc) is 2.05. The first kappa shape index (κ1) is 14.1. The lowest BCUT2D eigenvalue weighted by Crippen LogP contribution is -1.89. The summed E-state index contributed by atoms with van der Waals surface area (Å²) in [5, 5.41) is 0. The number of hydrogen-bond acceptors (Lipinski definition) is 1. The molecule has 0 rings (SSSR count). The lowest BCUT2D eigenvalue weighted by molar-refractivity contribution is 0.227. The van der Waals surface area contributed by atoms with Gasteiger partial charge in [-0.15, -0.1) is 0 Å². The van der Waals surface area contributed by atoms with Gasteiger partial charge in [0.05, 0.1) is 12.4 Å². The van der Waals surface area contributed by atoms with Gasteiger partial charge >= 0.3 is 0 Å². The molecule has 0 bridgehead atoms. The maximum atomic E-state index is 5.27. The summed E-state index contributed by atoms with van der Waals surface area (Å²) >= 11 is 0. The maximum absolute atomic E-state index is 5.27. The standard InChI is InChI=1S/C8H16O.C3H8/c1-5-7(3)8(4)9-6-2;1-3-2/h5-6H2,1-4H3;3H2,1-2H3/b8-7-;. The summed E-state index contributed by atoms with van der Waals surface area (Å²) < 4.78 is 5.27. The zero-order valence-electron chi connectivity index (χ0n) is 9.53. The monoisotopic (exact) mass is 172 g/mol. The van der Waals surface area contributed by atoms with E-state index in [9.17, 15) is 0 Å². The molecule has 0 aromatic rings. The van der Waals surface area contributed by atoms with E-state index >= 15 is 0 Å². The minimum absolute atomic E-state index is 0.781. The van der Waals surface area contributed by atoms with Gasteiger partial charge in [-0.05, 0) is 32.8 Å². The van der Waals surface area contributed by atoms with E-state index in [0.717, 1.165) is 18.8 Å². The molecule has 0 saturated carbocycles. The van der Waals surface area contributed by atoms with Gasteiger partial charge < -0.3 is 4.74 Å². The molecule has 0 fully saturated rings. The molecule has 12 heavy (non-hydrogen) atoms. The first-order valence-electron chi connectivity index (χ1n) is 4.92. The third kappa shape index (κ3) is 9.54. The topological polar surface area (TPSA) is 9.23 Å². The second kappa shape index (κ2) is 10.5. The Kier molecular flexibility index (Phi) is 12.4. The predicted molar refractivity (Wildman–Crippen MR) is 56.3 cm³/mol. The number of rotatable bonds is 3. The highest BCUT2D eigenvalue weighted by molar-refractivity contribution is 5.01. The molecule has 74 valence electrons. The van der Waals surface area contributed by atoms with Gasteiger partial charge in [-0.25, -0.2) is 0 Å². The van der Waals surface area contributed by atoms with Crippen molar-refractivity contribution in [3.05, 3.63) is 11.3 Å². The highest BCUT2D eigenvalue weighted by Crippen LogP contribution is 2.07. The molecule has 0 amide bonds. The van der Waals surface area contributed by atoms with Crippen molar-refractivity contribution in [2.24, 2.45) is 0 Å². The van der Waals surface area contributed by atoms with Gasteiger partial charge in [0, 0.05) is 0 Å². The summed E-state index contributed by atoms with van der Waals surface area (Å²) in [5.74, 6) is 1.08. The fraction of sp³-hybridized carbons (Fsp3) is 0.818. The van der Waals surface area contributed by atoms with E-state index in [2.05, 4.69) is 27.7 Å². The van der Waals surface area contributed by atoms with Crippen molar-refractivity contribution in [1.29, 1.82) is 0 Å². The quantitative estimate of drug-likeness (QED) is 0.581. The Labute approximate surface area is 77.8 Å². The first-order chi connectivity index (χ1) is 5.63. The summed E-state index contributed by atoms with van der Waals surface area (Å²) in [4.78, 5) is 0. The summed E-state index contributed by atoms with van der Waals surface area (Å²) in [6.07, 6.45) is 2.34. The molecule has 0 unspecified atom stereocenters. The smallest absolute Gasteiger partial charge is 0.0917 e. The SMILES string of the molecule is CCC.CCO/C(C)=C(/C)CC. The van der Waals surface area contributed by atoms with Crippen LogP contribution in [0.3, 0.4) is 0 Å². The van der Waals surface area contributed by atoms with Crippen LogP contribution in [0.2, 0.25) is 0 Å². The molecule has 0 radical (unpaired) electrons. The Morgan fingerprint density at radius 3 is 1.67 bits per heavy atom. The Balaban J connectivity index is 0. The first-order valence-corrected chi connectivity index (χ1v) is 4.92. The Morgan fingerprint density at radius 1 is 1.00 bits per heavy atom. The molecule has 0 aliphatic carbocycles. The molecule has 0 atom stereocenters. The highest BCUT2D eigenvalue weighted by Gasteiger charge is 1.91. The zero-order chi connectivity index (χ0) is 9.98. The number of ether oxygens (including phenoxy) is 1. The van der Waals surface area contributed by atoms with Gasteiger partial charge in [0.1, 0.15) is 0 Å². The zero-order valence-corrected chi connectivity index (χ0v) is 9.53. The van der Waals surface area contributed by atoms with Crippen molar-refractivity contribution in [2.75, 3.05) is 6.61 Å². The largest absolute Gasteiger partial charge is 0.499 e. The number of allylic oxidation sites excluding steroid dienone is 2. The summed E-state index contributed by atoms with van der Waals surface area (Å²) in [5.41, 5.74) is 1.34. The second-order valence-electron chi connectivity index (χ2n) is 2.83. The van der Waals surface area contributed by atoms with Gasteiger partial charge in [-0.1, -0.05) is 27.2 Å². The second-order valence-corrected chi connectivity index (χ2v) is 2.83. The normalized spacial score (nSPS) is 11.2. The molecular weight excluding hydrogens is 148 g/mol. The lowest BCUT2D eigenvalue weighted by Gasteiger charge is -2.05. The van der Waals surface area contributed by atoms with Crippen LogP contribution in [0.1, 0.15) is 54.4 Å². The Bertz CT molecular complexity index is 114. The summed E-state index contributed by atoms with van der Waals surface area (Å²) in [7, 11) is 0. The van der Waals surface area contributed by atoms with Crippen molar-refractivity contribution in [3.8, 4) is 0 Å². The third-order valence-corrected chi connectivity index (χ3v) is 1.49. The molecular formula is C11H24O. The van der Waals surface area contributed by atoms with Gasteiger partial charge in [0.2, 0.25) is 0 Å². The van der Waals surface area contributed by atoms with Crippen LogP contribution >= 0.6 is 0 Å². The summed E-state index contributed by atoms with van der Waals surface area (Å²) in [6, 6.07) is 0. The van der Waals surface area contributed by atoms with Gasteiger partial charge in [-0.2, -0.15) is 0 Å². The molecule has 1 heteroatoms. The molecule has 0 aliphatic rings. The lowest BCUT2D eigenvalue weighted by atomic mass is 10.2. The molecule has 0 saturated heterocycles. The van der Waals surface area contributed by atoms with Crippen LogP contribution in [0.25, 0.3) is 0 Å². The van der Waals surface area contributed by atoms with Crippen LogP contribution in [-0.4, -0.2) is 6.61 Å². The number of hydrogen-bond donors (Lipinski definition) is 0. The maximum Gasteiger partial charge on any atom is 0.0917 e. The molecule has 0 aromatic carbocycles. The van der Waals surface area contributed by atoms with Crippen molar-refractivity contribution >= 4 is 0 Å². The van der Waals surface area contributed by atoms with Crippen LogP contribution in [0.4, 0.5) is 0 Å². The van der Waals surface area contributed by atoms with Crippen molar-refractivity contribution in [3.63, 3.8) is 0 Å². The molecule has 0 spiro atoms. The van der Waals surface area contributed by atoms with E-state index in [-0.39, 0.29) is 0 Å². The Morgan fingerprint density at radius 2 is 1.42 bits per heavy atom. The molecule has 0 N–H and O–H groups in total. The van der Waals surface area contributed by atoms with Crippen LogP contribution in [-0.2, 0) is 4.74 Å².